The van der Waals surface area contributed by atoms with E-state index in [2.05, 4.69) is 20.1 Å². The molecule has 24 heavy (non-hydrogen) atoms. The van der Waals surface area contributed by atoms with Crippen LogP contribution in [0.25, 0.3) is 0 Å². The number of amides is 1. The third-order valence-electron chi connectivity index (χ3n) is 2.98. The summed E-state index contributed by atoms with van der Waals surface area (Å²) < 4.78 is 29.4. The molecule has 1 amide bonds. The normalized spacial score (nSPS) is 12.0. The first kappa shape index (κ1) is 17.2. The summed E-state index contributed by atoms with van der Waals surface area (Å²) in [6, 6.07) is 5.42. The quantitative estimate of drug-likeness (QED) is 0.605. The van der Waals surface area contributed by atoms with Gasteiger partial charge in [0.25, 0.3) is 0 Å². The molecular formula is C13H13F2N5O4. The first-order valence-corrected chi connectivity index (χ1v) is 6.73. The van der Waals surface area contributed by atoms with Crippen molar-refractivity contribution in [2.24, 2.45) is 0 Å². The number of nitrogens with one attached hydrogen (secondary N) is 1. The molecule has 0 aliphatic heterocycles. The molecule has 1 aromatic heterocycles. The van der Waals surface area contributed by atoms with E-state index in [1.807, 2.05) is 0 Å². The number of rotatable bonds is 7. The van der Waals surface area contributed by atoms with Crippen LogP contribution in [-0.2, 0) is 11.3 Å². The van der Waals surface area contributed by atoms with Gasteiger partial charge in [-0.3, -0.25) is 4.79 Å². The standard InChI is InChI=1S/C13H13F2N5O4/c1-8(9-2-4-10(5-3-9)24-12(14)15)17-11(21)6-19-7-16-13(18-19)20(22)23/h2-5,7-8,12H,6H2,1H3,(H,17,21). The van der Waals surface area contributed by atoms with Crippen LogP contribution in [0.1, 0.15) is 18.5 Å². The number of alkyl halides is 2. The van der Waals surface area contributed by atoms with Crippen LogP contribution in [0.5, 0.6) is 5.75 Å². The number of carbonyl (C=O) groups excluding carboxylic acids is 1. The second-order valence-corrected chi connectivity index (χ2v) is 4.74. The second-order valence-electron chi connectivity index (χ2n) is 4.74. The maximum absolute atomic E-state index is 12.1. The van der Waals surface area contributed by atoms with E-state index in [-0.39, 0.29) is 12.3 Å². The predicted octanol–water partition coefficient (Wildman–Crippen LogP) is 1.67. The van der Waals surface area contributed by atoms with Crippen LogP contribution in [0, 0.1) is 10.1 Å². The fourth-order valence-corrected chi connectivity index (χ4v) is 1.90. The van der Waals surface area contributed by atoms with E-state index in [1.165, 1.54) is 12.1 Å². The largest absolute Gasteiger partial charge is 0.490 e. The van der Waals surface area contributed by atoms with Crippen molar-refractivity contribution in [1.29, 1.82) is 0 Å². The minimum Gasteiger partial charge on any atom is -0.435 e. The molecule has 1 heterocycles. The zero-order valence-corrected chi connectivity index (χ0v) is 12.4. The fraction of sp³-hybridized carbons (Fsp3) is 0.308. The zero-order valence-electron chi connectivity index (χ0n) is 12.4. The molecule has 0 aliphatic rings. The first-order chi connectivity index (χ1) is 11.3. The second kappa shape index (κ2) is 7.44. The number of nitro groups is 1. The van der Waals surface area contributed by atoms with Gasteiger partial charge in [0.15, 0.2) is 0 Å². The molecule has 0 spiro atoms. The molecule has 11 heteroatoms. The first-order valence-electron chi connectivity index (χ1n) is 6.73. The van der Waals surface area contributed by atoms with Crippen molar-refractivity contribution >= 4 is 11.9 Å². The number of benzene rings is 1. The summed E-state index contributed by atoms with van der Waals surface area (Å²) in [6.45, 7) is -1.44. The van der Waals surface area contributed by atoms with Crippen molar-refractivity contribution in [3.63, 3.8) is 0 Å². The number of nitrogens with zero attached hydrogens (tertiary/aromatic N) is 4. The van der Waals surface area contributed by atoms with Crippen LogP contribution >= 0.6 is 0 Å². The van der Waals surface area contributed by atoms with Crippen LogP contribution in [-0.4, -0.2) is 32.2 Å². The zero-order chi connectivity index (χ0) is 17.7. The number of aromatic nitrogens is 3. The van der Waals surface area contributed by atoms with E-state index >= 15 is 0 Å². The Morgan fingerprint density at radius 3 is 2.62 bits per heavy atom. The van der Waals surface area contributed by atoms with Crippen molar-refractivity contribution in [3.05, 3.63) is 46.3 Å². The molecule has 1 unspecified atom stereocenters. The molecule has 0 radical (unpaired) electrons. The van der Waals surface area contributed by atoms with Crippen LogP contribution in [0.4, 0.5) is 14.7 Å². The maximum Gasteiger partial charge on any atom is 0.490 e. The molecule has 0 aliphatic carbocycles. The van der Waals surface area contributed by atoms with E-state index in [4.69, 9.17) is 0 Å². The number of carbonyl (C=O) groups is 1. The number of hydrogen-bond acceptors (Lipinski definition) is 6. The van der Waals surface area contributed by atoms with Gasteiger partial charge in [0.1, 0.15) is 12.3 Å². The van der Waals surface area contributed by atoms with Crippen molar-refractivity contribution in [2.45, 2.75) is 26.1 Å². The third kappa shape index (κ3) is 4.69. The Kier molecular flexibility index (Phi) is 5.35. The molecule has 0 bridgehead atoms. The summed E-state index contributed by atoms with van der Waals surface area (Å²) in [6.07, 6.45) is 1.08. The van der Waals surface area contributed by atoms with Gasteiger partial charge in [0.05, 0.1) is 6.04 Å². The highest BCUT2D eigenvalue weighted by atomic mass is 19.3. The molecular weight excluding hydrogens is 328 g/mol. The van der Waals surface area contributed by atoms with Crippen LogP contribution in [0.15, 0.2) is 30.6 Å². The molecule has 9 nitrogen and oxygen atoms in total. The van der Waals surface area contributed by atoms with E-state index in [9.17, 15) is 23.7 Å². The van der Waals surface area contributed by atoms with Gasteiger partial charge >= 0.3 is 12.6 Å². The van der Waals surface area contributed by atoms with Gasteiger partial charge in [-0.25, -0.2) is 0 Å². The molecule has 2 aromatic rings. The minimum atomic E-state index is -2.90. The highest BCUT2D eigenvalue weighted by molar-refractivity contribution is 5.76. The van der Waals surface area contributed by atoms with E-state index in [0.29, 0.717) is 5.56 Å². The van der Waals surface area contributed by atoms with E-state index < -0.39 is 29.4 Å². The SMILES string of the molecule is CC(NC(=O)Cn1cnc([N+](=O)[O-])n1)c1ccc(OC(F)F)cc1. The van der Waals surface area contributed by atoms with Gasteiger partial charge in [-0.05, 0) is 29.5 Å². The van der Waals surface area contributed by atoms with E-state index in [1.54, 1.807) is 19.1 Å². The van der Waals surface area contributed by atoms with Gasteiger partial charge in [0.2, 0.25) is 12.2 Å². The van der Waals surface area contributed by atoms with E-state index in [0.717, 1.165) is 11.0 Å². The van der Waals surface area contributed by atoms with Crippen molar-refractivity contribution < 1.29 is 23.2 Å². The topological polar surface area (TPSA) is 112 Å². The average molecular weight is 341 g/mol. The fourth-order valence-electron chi connectivity index (χ4n) is 1.90. The Labute approximate surface area is 134 Å². The number of hydrogen-bond donors (Lipinski definition) is 1. The summed E-state index contributed by atoms with van der Waals surface area (Å²) in [5.74, 6) is -1.01. The Balaban J connectivity index is 1.91. The molecule has 1 aromatic carbocycles. The van der Waals surface area contributed by atoms with Crippen molar-refractivity contribution in [2.75, 3.05) is 0 Å². The summed E-state index contributed by atoms with van der Waals surface area (Å²) in [5.41, 5.74) is 0.675. The predicted molar refractivity (Wildman–Crippen MR) is 76.3 cm³/mol. The Morgan fingerprint density at radius 1 is 1.42 bits per heavy atom. The lowest BCUT2D eigenvalue weighted by Gasteiger charge is -2.14. The Hall–Kier alpha value is -3.11. The molecule has 1 N–H and O–H groups in total. The summed E-state index contributed by atoms with van der Waals surface area (Å²) in [7, 11) is 0. The molecule has 2 rings (SSSR count). The smallest absolute Gasteiger partial charge is 0.435 e. The summed E-state index contributed by atoms with van der Waals surface area (Å²) in [5, 5.41) is 16.7. The highest BCUT2D eigenvalue weighted by Gasteiger charge is 2.16. The van der Waals surface area contributed by atoms with Gasteiger partial charge in [-0.1, -0.05) is 17.1 Å². The number of halogens is 2. The minimum absolute atomic E-state index is 0.0159. The maximum atomic E-state index is 12.1. The lowest BCUT2D eigenvalue weighted by Crippen LogP contribution is -2.30. The van der Waals surface area contributed by atoms with Crippen LogP contribution in [0.2, 0.25) is 0 Å². The average Bonchev–Trinajstić information content (AvgIpc) is 2.95. The highest BCUT2D eigenvalue weighted by Crippen LogP contribution is 2.19. The van der Waals surface area contributed by atoms with Crippen molar-refractivity contribution in [1.82, 2.24) is 20.1 Å². The van der Waals surface area contributed by atoms with Gasteiger partial charge in [0, 0.05) is 5.10 Å². The Morgan fingerprint density at radius 2 is 2.08 bits per heavy atom. The third-order valence-corrected chi connectivity index (χ3v) is 2.98. The number of ether oxygens (including phenoxy) is 1. The van der Waals surface area contributed by atoms with Gasteiger partial charge in [-0.15, -0.1) is 0 Å². The molecule has 0 saturated carbocycles. The molecule has 0 fully saturated rings. The molecule has 1 atom stereocenters. The summed E-state index contributed by atoms with van der Waals surface area (Å²) >= 11 is 0. The summed E-state index contributed by atoms with van der Waals surface area (Å²) in [4.78, 5) is 25.0. The molecule has 128 valence electrons. The van der Waals surface area contributed by atoms with Gasteiger partial charge in [-0.2, -0.15) is 13.5 Å². The lowest BCUT2D eigenvalue weighted by atomic mass is 10.1. The Bertz CT molecular complexity index is 719. The van der Waals surface area contributed by atoms with Gasteiger partial charge < -0.3 is 20.2 Å². The van der Waals surface area contributed by atoms with Crippen LogP contribution < -0.4 is 10.1 Å². The lowest BCUT2D eigenvalue weighted by molar-refractivity contribution is -0.394. The molecule has 0 saturated heterocycles. The van der Waals surface area contributed by atoms with Crippen molar-refractivity contribution in [3.8, 4) is 5.75 Å². The van der Waals surface area contributed by atoms with Crippen LogP contribution in [0.3, 0.4) is 0 Å². The monoisotopic (exact) mass is 341 g/mol.